The van der Waals surface area contributed by atoms with E-state index in [0.717, 1.165) is 42.7 Å². The Morgan fingerprint density at radius 3 is 2.87 bits per heavy atom. The third kappa shape index (κ3) is 3.38. The number of aryl methyl sites for hydroxylation is 1. The number of amides is 1. The van der Waals surface area contributed by atoms with E-state index < -0.39 is 0 Å². The van der Waals surface area contributed by atoms with Crippen LogP contribution in [0.4, 0.5) is 0 Å². The molecular formula is C18H24ClN3O. The Kier molecular flexibility index (Phi) is 4.64. The zero-order chi connectivity index (χ0) is 16.6. The molecule has 1 aromatic heterocycles. The van der Waals surface area contributed by atoms with E-state index in [0.29, 0.717) is 10.9 Å². The zero-order valence-corrected chi connectivity index (χ0v) is 14.8. The summed E-state index contributed by atoms with van der Waals surface area (Å²) < 4.78 is 1.98. The normalized spacial score (nSPS) is 18.8. The van der Waals surface area contributed by atoms with Crippen LogP contribution in [0.15, 0.2) is 24.3 Å². The minimum Gasteiger partial charge on any atom is -0.340 e. The van der Waals surface area contributed by atoms with Gasteiger partial charge in [-0.15, -0.1) is 0 Å². The second-order valence-electron chi connectivity index (χ2n) is 6.81. The quantitative estimate of drug-likeness (QED) is 0.862. The maximum Gasteiger partial charge on any atom is 0.270 e. The van der Waals surface area contributed by atoms with E-state index >= 15 is 0 Å². The largest absolute Gasteiger partial charge is 0.340 e. The van der Waals surface area contributed by atoms with Crippen LogP contribution < -0.4 is 0 Å². The molecule has 0 radical (unpaired) electrons. The Labute approximate surface area is 142 Å². The van der Waals surface area contributed by atoms with Gasteiger partial charge in [-0.25, -0.2) is 0 Å². The van der Waals surface area contributed by atoms with E-state index in [1.165, 1.54) is 6.42 Å². The molecule has 1 amide bonds. The fourth-order valence-corrected chi connectivity index (χ4v) is 3.78. The number of fused-ring (bicyclic) bond motifs is 1. The summed E-state index contributed by atoms with van der Waals surface area (Å²) in [6, 6.07) is 7.71. The standard InChI is InChI=1S/C18H24ClN3O/c1-20(2)11-13-5-4-8-22(12-13)18(23)17-10-14-9-15(19)6-7-16(14)21(17)3/h6-7,9-10,13H,4-5,8,11-12H2,1-3H3/t13-/m0/s1. The highest BCUT2D eigenvalue weighted by Crippen LogP contribution is 2.25. The van der Waals surface area contributed by atoms with Crippen molar-refractivity contribution in [1.29, 1.82) is 0 Å². The topological polar surface area (TPSA) is 28.5 Å². The van der Waals surface area contributed by atoms with Crippen LogP contribution in [0, 0.1) is 5.92 Å². The first-order valence-electron chi connectivity index (χ1n) is 8.14. The lowest BCUT2D eigenvalue weighted by atomic mass is 9.97. The van der Waals surface area contributed by atoms with Crippen LogP contribution in [-0.2, 0) is 7.05 Å². The molecule has 1 saturated heterocycles. The molecule has 0 aliphatic carbocycles. The van der Waals surface area contributed by atoms with Gasteiger partial charge in [0.05, 0.1) is 0 Å². The number of rotatable bonds is 3. The van der Waals surface area contributed by atoms with Gasteiger partial charge in [-0.2, -0.15) is 0 Å². The molecule has 1 atom stereocenters. The molecule has 1 fully saturated rings. The molecule has 0 bridgehead atoms. The number of benzene rings is 1. The highest BCUT2D eigenvalue weighted by Gasteiger charge is 2.26. The number of hydrogen-bond acceptors (Lipinski definition) is 2. The van der Waals surface area contributed by atoms with Crippen molar-refractivity contribution < 1.29 is 4.79 Å². The number of piperidine rings is 1. The molecule has 3 rings (SSSR count). The molecule has 0 unspecified atom stereocenters. The summed E-state index contributed by atoms with van der Waals surface area (Å²) >= 11 is 6.07. The zero-order valence-electron chi connectivity index (χ0n) is 14.1. The van der Waals surface area contributed by atoms with Gasteiger partial charge in [0.2, 0.25) is 0 Å². The van der Waals surface area contributed by atoms with Gasteiger partial charge in [0, 0.05) is 42.6 Å². The molecule has 1 aromatic carbocycles. The van der Waals surface area contributed by atoms with Crippen LogP contribution in [0.2, 0.25) is 5.02 Å². The van der Waals surface area contributed by atoms with Crippen molar-refractivity contribution in [3.8, 4) is 0 Å². The predicted molar refractivity (Wildman–Crippen MR) is 95.1 cm³/mol. The fourth-order valence-electron chi connectivity index (χ4n) is 3.60. The highest BCUT2D eigenvalue weighted by molar-refractivity contribution is 6.31. The van der Waals surface area contributed by atoms with Crippen molar-refractivity contribution in [2.75, 3.05) is 33.7 Å². The minimum absolute atomic E-state index is 0.128. The van der Waals surface area contributed by atoms with E-state index in [1.807, 2.05) is 40.8 Å². The number of nitrogens with zero attached hydrogens (tertiary/aromatic N) is 3. The molecule has 5 heteroatoms. The number of carbonyl (C=O) groups is 1. The summed E-state index contributed by atoms with van der Waals surface area (Å²) in [5, 5.41) is 1.72. The molecule has 4 nitrogen and oxygen atoms in total. The smallest absolute Gasteiger partial charge is 0.270 e. The van der Waals surface area contributed by atoms with Gasteiger partial charge in [-0.3, -0.25) is 4.79 Å². The van der Waals surface area contributed by atoms with Crippen LogP contribution in [-0.4, -0.2) is 54.0 Å². The molecule has 23 heavy (non-hydrogen) atoms. The van der Waals surface area contributed by atoms with Gasteiger partial charge in [0.1, 0.15) is 5.69 Å². The first-order valence-corrected chi connectivity index (χ1v) is 8.52. The lowest BCUT2D eigenvalue weighted by Gasteiger charge is -2.34. The summed E-state index contributed by atoms with van der Waals surface area (Å²) in [7, 11) is 6.13. The number of halogens is 1. The van der Waals surface area contributed by atoms with Crippen molar-refractivity contribution in [2.24, 2.45) is 13.0 Å². The summed E-state index contributed by atoms with van der Waals surface area (Å²) in [5.41, 5.74) is 1.78. The Balaban J connectivity index is 1.83. The van der Waals surface area contributed by atoms with Gasteiger partial charge in [-0.1, -0.05) is 11.6 Å². The summed E-state index contributed by atoms with van der Waals surface area (Å²) in [6.45, 7) is 2.73. The van der Waals surface area contributed by atoms with E-state index in [4.69, 9.17) is 11.6 Å². The Morgan fingerprint density at radius 2 is 2.13 bits per heavy atom. The molecule has 0 saturated carbocycles. The van der Waals surface area contributed by atoms with E-state index in [9.17, 15) is 4.79 Å². The number of aromatic nitrogens is 1. The van der Waals surface area contributed by atoms with Crippen molar-refractivity contribution in [3.63, 3.8) is 0 Å². The van der Waals surface area contributed by atoms with Crippen LogP contribution in [0.1, 0.15) is 23.3 Å². The second kappa shape index (κ2) is 6.54. The monoisotopic (exact) mass is 333 g/mol. The minimum atomic E-state index is 0.128. The van der Waals surface area contributed by atoms with Crippen molar-refractivity contribution in [3.05, 3.63) is 35.0 Å². The number of likely N-dealkylation sites (tertiary alicyclic amines) is 1. The van der Waals surface area contributed by atoms with Crippen molar-refractivity contribution in [2.45, 2.75) is 12.8 Å². The summed E-state index contributed by atoms with van der Waals surface area (Å²) in [6.07, 6.45) is 2.28. The van der Waals surface area contributed by atoms with Crippen LogP contribution in [0.25, 0.3) is 10.9 Å². The second-order valence-corrected chi connectivity index (χ2v) is 7.25. The highest BCUT2D eigenvalue weighted by atomic mass is 35.5. The van der Waals surface area contributed by atoms with Gasteiger partial charge in [-0.05, 0) is 57.1 Å². The molecule has 1 aliphatic rings. The lowest BCUT2D eigenvalue weighted by Crippen LogP contribution is -2.43. The summed E-state index contributed by atoms with van der Waals surface area (Å²) in [4.78, 5) is 17.2. The summed E-state index contributed by atoms with van der Waals surface area (Å²) in [5.74, 6) is 0.690. The SMILES string of the molecule is CN(C)C[C@@H]1CCCN(C(=O)c2cc3cc(Cl)ccc3n2C)C1. The molecule has 2 heterocycles. The van der Waals surface area contributed by atoms with Crippen LogP contribution in [0.3, 0.4) is 0 Å². The van der Waals surface area contributed by atoms with Gasteiger partial charge in [0.15, 0.2) is 0 Å². The first kappa shape index (κ1) is 16.3. The molecular weight excluding hydrogens is 310 g/mol. The Bertz CT molecular complexity index is 722. The Hall–Kier alpha value is -1.52. The van der Waals surface area contributed by atoms with Crippen molar-refractivity contribution >= 4 is 28.4 Å². The van der Waals surface area contributed by atoms with Gasteiger partial charge in [0.25, 0.3) is 5.91 Å². The van der Waals surface area contributed by atoms with E-state index in [-0.39, 0.29) is 5.91 Å². The van der Waals surface area contributed by atoms with Crippen molar-refractivity contribution in [1.82, 2.24) is 14.4 Å². The third-order valence-electron chi connectivity index (χ3n) is 4.65. The number of hydrogen-bond donors (Lipinski definition) is 0. The molecule has 1 aliphatic heterocycles. The maximum atomic E-state index is 13.0. The van der Waals surface area contributed by atoms with Crippen LogP contribution >= 0.6 is 11.6 Å². The Morgan fingerprint density at radius 1 is 1.35 bits per heavy atom. The van der Waals surface area contributed by atoms with Gasteiger partial charge < -0.3 is 14.4 Å². The maximum absolute atomic E-state index is 13.0. The van der Waals surface area contributed by atoms with E-state index in [2.05, 4.69) is 19.0 Å². The molecule has 0 N–H and O–H groups in total. The average Bonchev–Trinajstić information content (AvgIpc) is 2.82. The number of carbonyl (C=O) groups excluding carboxylic acids is 1. The lowest BCUT2D eigenvalue weighted by molar-refractivity contribution is 0.0646. The average molecular weight is 334 g/mol. The third-order valence-corrected chi connectivity index (χ3v) is 4.89. The predicted octanol–water partition coefficient (Wildman–Crippen LogP) is 3.25. The first-order chi connectivity index (χ1) is 11.0. The van der Waals surface area contributed by atoms with Crippen LogP contribution in [0.5, 0.6) is 0 Å². The molecule has 2 aromatic rings. The molecule has 124 valence electrons. The fraction of sp³-hybridized carbons (Fsp3) is 0.500. The van der Waals surface area contributed by atoms with E-state index in [1.54, 1.807) is 0 Å². The van der Waals surface area contributed by atoms with Gasteiger partial charge >= 0.3 is 0 Å². The molecule has 0 spiro atoms.